The maximum absolute atomic E-state index is 14.8. The van der Waals surface area contributed by atoms with Crippen molar-refractivity contribution in [2.75, 3.05) is 20.3 Å². The zero-order chi connectivity index (χ0) is 25.4. The van der Waals surface area contributed by atoms with E-state index in [1.807, 2.05) is 38.1 Å². The Morgan fingerprint density at radius 2 is 2.06 bits per heavy atom. The van der Waals surface area contributed by atoms with E-state index in [1.54, 1.807) is 43.0 Å². The lowest BCUT2D eigenvalue weighted by Gasteiger charge is -2.14. The largest absolute Gasteiger partial charge is 0.393 e. The Hall–Kier alpha value is -3.98. The minimum Gasteiger partial charge on any atom is -0.393 e. The summed E-state index contributed by atoms with van der Waals surface area (Å²) >= 11 is 0. The smallest absolute Gasteiger partial charge is 0.153 e. The number of fused-ring (bicyclic) bond motifs is 2. The topological polar surface area (TPSA) is 97.3 Å². The molecule has 0 aliphatic rings. The molecule has 4 aromatic rings. The number of benzene rings is 1. The van der Waals surface area contributed by atoms with Crippen LogP contribution in [-0.4, -0.2) is 56.4 Å². The number of aliphatic hydroxyl groups is 1. The number of nitrogens with zero attached hydrogens (tertiary/aromatic N) is 6. The van der Waals surface area contributed by atoms with Gasteiger partial charge in [0, 0.05) is 36.3 Å². The second-order valence-corrected chi connectivity index (χ2v) is 7.77. The zero-order valence-electron chi connectivity index (χ0n) is 20.3. The van der Waals surface area contributed by atoms with E-state index >= 15 is 0 Å². The average Bonchev–Trinajstić information content (AvgIpc) is 3.31. The molecule has 0 unspecified atom stereocenters. The molecule has 1 N–H and O–H groups in total. The SMILES string of the molecule is C/C(=N\OCCO)c1ccc2ncc([C@@H](C)c3cc4cccnc4cc3F)n2n1.C=CC(C)=NC. The van der Waals surface area contributed by atoms with Crippen molar-refractivity contribution >= 4 is 28.0 Å². The van der Waals surface area contributed by atoms with Crippen LogP contribution in [0.15, 0.2) is 71.6 Å². The fourth-order valence-corrected chi connectivity index (χ4v) is 3.30. The van der Waals surface area contributed by atoms with Gasteiger partial charge in [0.25, 0.3) is 0 Å². The van der Waals surface area contributed by atoms with Crippen LogP contribution in [0.2, 0.25) is 0 Å². The van der Waals surface area contributed by atoms with Crippen LogP contribution in [0.5, 0.6) is 0 Å². The molecule has 1 aromatic carbocycles. The van der Waals surface area contributed by atoms with Crippen molar-refractivity contribution in [3.05, 3.63) is 84.2 Å². The first kappa shape index (κ1) is 25.6. The number of halogens is 1. The van der Waals surface area contributed by atoms with Crippen LogP contribution in [0, 0.1) is 5.82 Å². The minimum atomic E-state index is -0.315. The van der Waals surface area contributed by atoms with Crippen molar-refractivity contribution in [1.29, 1.82) is 0 Å². The third kappa shape index (κ3) is 6.13. The Balaban J connectivity index is 0.000000509. The molecule has 0 saturated carbocycles. The molecule has 1 atom stereocenters. The standard InChI is InChI=1S/C21H20FN5O2.C5H9N/c1-13(16-10-15-4-3-7-23-19(15)11-17(16)22)20-12-24-21-6-5-18(25-27(20)21)14(2)26-29-9-8-28;1-4-5(2)6-3/h3-7,10-13,28H,8-9H2,1-2H3;4H,1H2,2-3H3/b26-14+;/t13-;/m0./s1. The number of rotatable bonds is 7. The van der Waals surface area contributed by atoms with Gasteiger partial charge in [0.15, 0.2) is 5.65 Å². The van der Waals surface area contributed by atoms with Gasteiger partial charge < -0.3 is 9.94 Å². The first-order chi connectivity index (χ1) is 16.9. The van der Waals surface area contributed by atoms with Crippen molar-refractivity contribution in [1.82, 2.24) is 19.6 Å². The first-order valence-electron chi connectivity index (χ1n) is 11.1. The highest BCUT2D eigenvalue weighted by molar-refractivity contribution is 5.96. The van der Waals surface area contributed by atoms with E-state index in [4.69, 9.17) is 9.94 Å². The van der Waals surface area contributed by atoms with Gasteiger partial charge in [0.2, 0.25) is 0 Å². The number of pyridine rings is 1. The Morgan fingerprint density at radius 3 is 2.74 bits per heavy atom. The van der Waals surface area contributed by atoms with Crippen molar-refractivity contribution in [2.24, 2.45) is 10.1 Å². The average molecular weight is 477 g/mol. The van der Waals surface area contributed by atoms with Gasteiger partial charge in [-0.05, 0) is 49.8 Å². The molecule has 0 aliphatic carbocycles. The molecule has 3 aromatic heterocycles. The Labute approximate surface area is 203 Å². The van der Waals surface area contributed by atoms with Crippen molar-refractivity contribution < 1.29 is 14.3 Å². The molecule has 8 nitrogen and oxygen atoms in total. The third-order valence-corrected chi connectivity index (χ3v) is 5.42. The second kappa shape index (κ2) is 11.9. The molecule has 0 amide bonds. The zero-order valence-corrected chi connectivity index (χ0v) is 20.3. The molecular weight excluding hydrogens is 447 g/mol. The van der Waals surface area contributed by atoms with E-state index in [2.05, 4.69) is 31.8 Å². The number of allylic oxidation sites excluding steroid dienone is 1. The maximum Gasteiger partial charge on any atom is 0.153 e. The summed E-state index contributed by atoms with van der Waals surface area (Å²) in [5.41, 5.74) is 4.73. The Kier molecular flexibility index (Phi) is 8.74. The van der Waals surface area contributed by atoms with Crippen LogP contribution in [0.25, 0.3) is 16.6 Å². The van der Waals surface area contributed by atoms with E-state index < -0.39 is 0 Å². The quantitative estimate of drug-likeness (QED) is 0.240. The van der Waals surface area contributed by atoms with Crippen molar-refractivity contribution in [3.8, 4) is 0 Å². The number of aliphatic hydroxyl groups excluding tert-OH is 1. The van der Waals surface area contributed by atoms with Crippen LogP contribution in [0.4, 0.5) is 4.39 Å². The van der Waals surface area contributed by atoms with Gasteiger partial charge >= 0.3 is 0 Å². The lowest BCUT2D eigenvalue weighted by atomic mass is 9.96. The van der Waals surface area contributed by atoms with Crippen LogP contribution >= 0.6 is 0 Å². The molecular formula is C26H29FN6O2. The summed E-state index contributed by atoms with van der Waals surface area (Å²) in [4.78, 5) is 17.4. The molecule has 0 bridgehead atoms. The van der Waals surface area contributed by atoms with E-state index in [0.717, 1.165) is 16.8 Å². The molecule has 0 spiro atoms. The van der Waals surface area contributed by atoms with Gasteiger partial charge in [0.05, 0.1) is 24.0 Å². The highest BCUT2D eigenvalue weighted by Crippen LogP contribution is 2.29. The normalized spacial score (nSPS) is 12.9. The molecule has 9 heteroatoms. The molecule has 0 aliphatic heterocycles. The number of imidazole rings is 1. The molecule has 4 rings (SSSR count). The fourth-order valence-electron chi connectivity index (χ4n) is 3.30. The molecule has 182 valence electrons. The summed E-state index contributed by atoms with van der Waals surface area (Å²) in [7, 11) is 1.75. The summed E-state index contributed by atoms with van der Waals surface area (Å²) in [5.74, 6) is -0.592. The lowest BCUT2D eigenvalue weighted by molar-refractivity contribution is 0.0986. The van der Waals surface area contributed by atoms with E-state index in [0.29, 0.717) is 28.1 Å². The van der Waals surface area contributed by atoms with Crippen molar-refractivity contribution in [3.63, 3.8) is 0 Å². The molecule has 0 radical (unpaired) electrons. The highest BCUT2D eigenvalue weighted by atomic mass is 19.1. The predicted octanol–water partition coefficient (Wildman–Crippen LogP) is 4.56. The number of aliphatic imine (C=N–C) groups is 1. The number of aromatic nitrogens is 4. The summed E-state index contributed by atoms with van der Waals surface area (Å²) in [5, 5.41) is 18.2. The maximum atomic E-state index is 14.8. The number of hydrogen-bond donors (Lipinski definition) is 1. The highest BCUT2D eigenvalue weighted by Gasteiger charge is 2.19. The van der Waals surface area contributed by atoms with E-state index in [9.17, 15) is 4.39 Å². The van der Waals surface area contributed by atoms with Gasteiger partial charge in [-0.15, -0.1) is 0 Å². The second-order valence-electron chi connectivity index (χ2n) is 7.77. The van der Waals surface area contributed by atoms with Gasteiger partial charge in [0.1, 0.15) is 23.8 Å². The Bertz CT molecular complexity index is 1380. The van der Waals surface area contributed by atoms with Crippen molar-refractivity contribution in [2.45, 2.75) is 26.7 Å². The number of hydrogen-bond acceptors (Lipinski definition) is 7. The predicted molar refractivity (Wildman–Crippen MR) is 137 cm³/mol. The molecule has 35 heavy (non-hydrogen) atoms. The lowest BCUT2D eigenvalue weighted by Crippen LogP contribution is -2.09. The molecule has 0 saturated heterocycles. The van der Waals surface area contributed by atoms with Crippen LogP contribution in [0.1, 0.15) is 43.6 Å². The van der Waals surface area contributed by atoms with Crippen LogP contribution in [-0.2, 0) is 4.84 Å². The summed E-state index contributed by atoms with van der Waals surface area (Å²) < 4.78 is 16.5. The Morgan fingerprint density at radius 1 is 1.26 bits per heavy atom. The van der Waals surface area contributed by atoms with Crippen LogP contribution in [0.3, 0.4) is 0 Å². The molecule has 3 heterocycles. The van der Waals surface area contributed by atoms with Gasteiger partial charge in [-0.25, -0.2) is 13.9 Å². The monoisotopic (exact) mass is 476 g/mol. The summed E-state index contributed by atoms with van der Waals surface area (Å²) in [6.07, 6.45) is 5.08. The van der Waals surface area contributed by atoms with E-state index in [1.165, 1.54) is 6.07 Å². The van der Waals surface area contributed by atoms with Gasteiger partial charge in [-0.1, -0.05) is 24.7 Å². The van der Waals surface area contributed by atoms with Crippen LogP contribution < -0.4 is 0 Å². The number of oxime groups is 1. The van der Waals surface area contributed by atoms with E-state index in [-0.39, 0.29) is 24.9 Å². The first-order valence-corrected chi connectivity index (χ1v) is 11.1. The summed E-state index contributed by atoms with van der Waals surface area (Å²) in [6.45, 7) is 9.10. The van der Waals surface area contributed by atoms with Gasteiger partial charge in [-0.3, -0.25) is 9.98 Å². The summed E-state index contributed by atoms with van der Waals surface area (Å²) in [6, 6.07) is 10.6. The third-order valence-electron chi connectivity index (χ3n) is 5.42. The van der Waals surface area contributed by atoms with Gasteiger partial charge in [-0.2, -0.15) is 5.10 Å². The molecule has 0 fully saturated rings. The fraction of sp³-hybridized carbons (Fsp3) is 0.269. The minimum absolute atomic E-state index is 0.112.